The third kappa shape index (κ3) is 3.36. The summed E-state index contributed by atoms with van der Waals surface area (Å²) in [4.78, 5) is 11.7. The molecule has 1 fully saturated rings. The van der Waals surface area contributed by atoms with Crippen LogP contribution in [0.5, 0.6) is 0 Å². The summed E-state index contributed by atoms with van der Waals surface area (Å²) >= 11 is 0. The van der Waals surface area contributed by atoms with Crippen molar-refractivity contribution in [1.29, 1.82) is 0 Å². The zero-order valence-electron chi connectivity index (χ0n) is 9.54. The maximum absolute atomic E-state index is 11.7. The molecule has 0 atom stereocenters. The van der Waals surface area contributed by atoms with Gasteiger partial charge in [-0.1, -0.05) is 25.7 Å². The first-order valence-electron chi connectivity index (χ1n) is 6.12. The van der Waals surface area contributed by atoms with Gasteiger partial charge in [0.1, 0.15) is 0 Å². The summed E-state index contributed by atoms with van der Waals surface area (Å²) in [6, 6.07) is 2.23. The number of rotatable bonds is 3. The Morgan fingerprint density at radius 1 is 1.38 bits per heavy atom. The normalized spacial score (nSPS) is 18.0. The van der Waals surface area contributed by atoms with Gasteiger partial charge in [-0.2, -0.15) is 5.10 Å². The average Bonchev–Trinajstić information content (AvgIpc) is 2.62. The predicted octanol–water partition coefficient (Wildman–Crippen LogP) is 1.79. The number of amides is 1. The Morgan fingerprint density at radius 3 is 2.75 bits per heavy atom. The van der Waals surface area contributed by atoms with Crippen molar-refractivity contribution in [2.75, 3.05) is 0 Å². The van der Waals surface area contributed by atoms with E-state index in [2.05, 4.69) is 15.5 Å². The fourth-order valence-electron chi connectivity index (χ4n) is 2.26. The number of hydrogen-bond donors (Lipinski definition) is 2. The van der Waals surface area contributed by atoms with Gasteiger partial charge in [-0.05, 0) is 18.9 Å². The van der Waals surface area contributed by atoms with E-state index in [-0.39, 0.29) is 5.91 Å². The molecular formula is C12H19N3O. The molecule has 1 aliphatic carbocycles. The smallest absolute Gasteiger partial charge is 0.226 e. The fourth-order valence-corrected chi connectivity index (χ4v) is 2.26. The van der Waals surface area contributed by atoms with Crippen molar-refractivity contribution < 1.29 is 4.79 Å². The predicted molar refractivity (Wildman–Crippen MR) is 61.9 cm³/mol. The lowest BCUT2D eigenvalue weighted by atomic mass is 10.1. The molecule has 0 unspecified atom stereocenters. The van der Waals surface area contributed by atoms with Gasteiger partial charge in [-0.15, -0.1) is 0 Å². The molecule has 0 spiro atoms. The molecule has 0 aromatic carbocycles. The van der Waals surface area contributed by atoms with Gasteiger partial charge < -0.3 is 5.32 Å². The van der Waals surface area contributed by atoms with Crippen molar-refractivity contribution in [3.63, 3.8) is 0 Å². The summed E-state index contributed by atoms with van der Waals surface area (Å²) in [5.41, 5.74) is 0.881. The molecule has 1 aromatic rings. The molecule has 0 saturated heterocycles. The highest BCUT2D eigenvalue weighted by Gasteiger charge is 2.14. The van der Waals surface area contributed by atoms with E-state index in [9.17, 15) is 4.79 Å². The van der Waals surface area contributed by atoms with Crippen LogP contribution in [-0.2, 0) is 11.2 Å². The first kappa shape index (κ1) is 11.2. The Balaban J connectivity index is 1.77. The van der Waals surface area contributed by atoms with E-state index in [4.69, 9.17) is 0 Å². The monoisotopic (exact) mass is 221 g/mol. The van der Waals surface area contributed by atoms with Gasteiger partial charge in [0.25, 0.3) is 0 Å². The van der Waals surface area contributed by atoms with E-state index in [1.165, 1.54) is 25.7 Å². The SMILES string of the molecule is O=C(Cc1ccn[nH]1)NC1CCCCCC1. The molecule has 2 N–H and O–H groups in total. The molecule has 1 aliphatic rings. The third-order valence-corrected chi connectivity index (χ3v) is 3.13. The molecule has 0 radical (unpaired) electrons. The highest BCUT2D eigenvalue weighted by Crippen LogP contribution is 2.17. The van der Waals surface area contributed by atoms with Crippen molar-refractivity contribution in [3.8, 4) is 0 Å². The zero-order valence-corrected chi connectivity index (χ0v) is 9.54. The largest absolute Gasteiger partial charge is 0.353 e. The van der Waals surface area contributed by atoms with Crippen LogP contribution in [0.1, 0.15) is 44.2 Å². The lowest BCUT2D eigenvalue weighted by Gasteiger charge is -2.15. The second-order valence-electron chi connectivity index (χ2n) is 4.51. The van der Waals surface area contributed by atoms with Gasteiger partial charge in [0.2, 0.25) is 5.91 Å². The van der Waals surface area contributed by atoms with Crippen LogP contribution >= 0.6 is 0 Å². The minimum absolute atomic E-state index is 0.108. The molecule has 1 heterocycles. The van der Waals surface area contributed by atoms with Crippen LogP contribution in [0.25, 0.3) is 0 Å². The Hall–Kier alpha value is -1.32. The van der Waals surface area contributed by atoms with Gasteiger partial charge in [0, 0.05) is 17.9 Å². The maximum atomic E-state index is 11.7. The van der Waals surface area contributed by atoms with Crippen molar-refractivity contribution >= 4 is 5.91 Å². The average molecular weight is 221 g/mol. The van der Waals surface area contributed by atoms with Crippen LogP contribution in [0.2, 0.25) is 0 Å². The third-order valence-electron chi connectivity index (χ3n) is 3.13. The fraction of sp³-hybridized carbons (Fsp3) is 0.667. The van der Waals surface area contributed by atoms with Gasteiger partial charge in [0.15, 0.2) is 0 Å². The van der Waals surface area contributed by atoms with E-state index in [1.807, 2.05) is 6.07 Å². The lowest BCUT2D eigenvalue weighted by molar-refractivity contribution is -0.121. The van der Waals surface area contributed by atoms with E-state index < -0.39 is 0 Å². The van der Waals surface area contributed by atoms with Crippen molar-refractivity contribution in [2.24, 2.45) is 0 Å². The summed E-state index contributed by atoms with van der Waals surface area (Å²) in [5, 5.41) is 9.75. The zero-order chi connectivity index (χ0) is 11.2. The first-order valence-corrected chi connectivity index (χ1v) is 6.12. The summed E-state index contributed by atoms with van der Waals surface area (Å²) < 4.78 is 0. The molecule has 0 aliphatic heterocycles. The molecule has 1 amide bonds. The van der Waals surface area contributed by atoms with Gasteiger partial charge >= 0.3 is 0 Å². The molecule has 88 valence electrons. The van der Waals surface area contributed by atoms with Crippen LogP contribution in [0, 0.1) is 0 Å². The molecule has 1 aromatic heterocycles. The maximum Gasteiger partial charge on any atom is 0.226 e. The number of hydrogen-bond acceptors (Lipinski definition) is 2. The minimum atomic E-state index is 0.108. The summed E-state index contributed by atoms with van der Waals surface area (Å²) in [6.45, 7) is 0. The summed E-state index contributed by atoms with van der Waals surface area (Å²) in [6.07, 6.45) is 9.47. The molecule has 4 heteroatoms. The molecule has 4 nitrogen and oxygen atoms in total. The Kier molecular flexibility index (Phi) is 3.97. The number of aromatic amines is 1. The molecule has 2 rings (SSSR count). The number of carbonyl (C=O) groups is 1. The first-order chi connectivity index (χ1) is 7.84. The molecular weight excluding hydrogens is 202 g/mol. The highest BCUT2D eigenvalue weighted by molar-refractivity contribution is 5.78. The van der Waals surface area contributed by atoms with Crippen LogP contribution in [0.15, 0.2) is 12.3 Å². The summed E-state index contributed by atoms with van der Waals surface area (Å²) in [7, 11) is 0. The summed E-state index contributed by atoms with van der Waals surface area (Å²) in [5.74, 6) is 0.108. The van der Waals surface area contributed by atoms with Crippen LogP contribution < -0.4 is 5.32 Å². The second kappa shape index (κ2) is 5.68. The van der Waals surface area contributed by atoms with Crippen molar-refractivity contribution in [3.05, 3.63) is 18.0 Å². The van der Waals surface area contributed by atoms with Crippen LogP contribution in [-0.4, -0.2) is 22.1 Å². The minimum Gasteiger partial charge on any atom is -0.353 e. The molecule has 0 bridgehead atoms. The number of H-pyrrole nitrogens is 1. The van der Waals surface area contributed by atoms with Gasteiger partial charge in [0.05, 0.1) is 6.42 Å². The molecule has 16 heavy (non-hydrogen) atoms. The standard InChI is InChI=1S/C12H19N3O/c16-12(9-11-7-8-13-15-11)14-10-5-3-1-2-4-6-10/h7-8,10H,1-6,9H2,(H,13,15)(H,14,16). The number of nitrogens with one attached hydrogen (secondary N) is 2. The van der Waals surface area contributed by atoms with E-state index in [0.29, 0.717) is 12.5 Å². The highest BCUT2D eigenvalue weighted by atomic mass is 16.1. The van der Waals surface area contributed by atoms with E-state index in [1.54, 1.807) is 6.20 Å². The van der Waals surface area contributed by atoms with E-state index in [0.717, 1.165) is 18.5 Å². The Morgan fingerprint density at radius 2 is 2.12 bits per heavy atom. The topological polar surface area (TPSA) is 57.8 Å². The Bertz CT molecular complexity index is 313. The Labute approximate surface area is 95.8 Å². The lowest BCUT2D eigenvalue weighted by Crippen LogP contribution is -2.35. The second-order valence-corrected chi connectivity index (χ2v) is 4.51. The van der Waals surface area contributed by atoms with E-state index >= 15 is 0 Å². The number of carbonyl (C=O) groups excluding carboxylic acids is 1. The van der Waals surface area contributed by atoms with Crippen molar-refractivity contribution in [1.82, 2.24) is 15.5 Å². The molecule has 1 saturated carbocycles. The van der Waals surface area contributed by atoms with Crippen LogP contribution in [0.4, 0.5) is 0 Å². The van der Waals surface area contributed by atoms with Crippen molar-refractivity contribution in [2.45, 2.75) is 51.0 Å². The van der Waals surface area contributed by atoms with Gasteiger partial charge in [-0.25, -0.2) is 0 Å². The number of nitrogens with zero attached hydrogens (tertiary/aromatic N) is 1. The number of aromatic nitrogens is 2. The quantitative estimate of drug-likeness (QED) is 0.764. The van der Waals surface area contributed by atoms with Gasteiger partial charge in [-0.3, -0.25) is 9.89 Å². The van der Waals surface area contributed by atoms with Crippen LogP contribution in [0.3, 0.4) is 0 Å².